The van der Waals surface area contributed by atoms with Crippen LogP contribution in [0.1, 0.15) is 5.56 Å². The van der Waals surface area contributed by atoms with E-state index < -0.39 is 0 Å². The van der Waals surface area contributed by atoms with Crippen LogP contribution in [0, 0.1) is 5.82 Å². The van der Waals surface area contributed by atoms with Crippen LogP contribution in [0.3, 0.4) is 0 Å². The van der Waals surface area contributed by atoms with Crippen molar-refractivity contribution in [1.82, 2.24) is 4.98 Å². The Morgan fingerprint density at radius 3 is 2.71 bits per heavy atom. The van der Waals surface area contributed by atoms with Crippen molar-refractivity contribution in [3.8, 4) is 0 Å². The summed E-state index contributed by atoms with van der Waals surface area (Å²) in [4.78, 5) is 4.24. The topological polar surface area (TPSA) is 24.9 Å². The van der Waals surface area contributed by atoms with Gasteiger partial charge in [0.05, 0.1) is 0 Å². The number of nitrogens with one attached hydrogen (secondary N) is 1. The van der Waals surface area contributed by atoms with Gasteiger partial charge in [-0.15, -0.1) is 0 Å². The van der Waals surface area contributed by atoms with Crippen molar-refractivity contribution in [3.05, 3.63) is 58.4 Å². The minimum atomic E-state index is -0.156. The molecule has 0 bridgehead atoms. The highest BCUT2D eigenvalue weighted by atomic mass is 79.9. The number of aromatic nitrogens is 1. The minimum Gasteiger partial charge on any atom is -0.370 e. The van der Waals surface area contributed by atoms with Crippen LogP contribution in [0.15, 0.2) is 47.1 Å². The molecule has 0 unspecified atom stereocenters. The Labute approximate surface area is 108 Å². The maximum Gasteiger partial charge on any atom is 0.127 e. The smallest absolute Gasteiger partial charge is 0.127 e. The van der Waals surface area contributed by atoms with Crippen molar-refractivity contribution in [1.29, 1.82) is 0 Å². The Kier molecular flexibility index (Phi) is 4.09. The van der Waals surface area contributed by atoms with Crippen molar-refractivity contribution in [2.75, 3.05) is 11.9 Å². The Hall–Kier alpha value is -1.42. The third-order valence-electron chi connectivity index (χ3n) is 2.37. The van der Waals surface area contributed by atoms with Crippen LogP contribution in [-0.4, -0.2) is 11.5 Å². The molecule has 1 N–H and O–H groups in total. The summed E-state index contributed by atoms with van der Waals surface area (Å²) in [6.07, 6.45) is 0.640. The molecule has 0 radical (unpaired) electrons. The molecule has 0 saturated carbocycles. The molecule has 0 atom stereocenters. The van der Waals surface area contributed by atoms with E-state index >= 15 is 0 Å². The van der Waals surface area contributed by atoms with Crippen LogP contribution < -0.4 is 5.32 Å². The van der Waals surface area contributed by atoms with Crippen molar-refractivity contribution in [2.24, 2.45) is 0 Å². The summed E-state index contributed by atoms with van der Waals surface area (Å²) >= 11 is 3.30. The van der Waals surface area contributed by atoms with Gasteiger partial charge in [0, 0.05) is 6.54 Å². The number of benzene rings is 1. The molecule has 0 aliphatic heterocycles. The van der Waals surface area contributed by atoms with E-state index in [-0.39, 0.29) is 5.82 Å². The first-order valence-corrected chi connectivity index (χ1v) is 6.15. The van der Waals surface area contributed by atoms with Gasteiger partial charge in [-0.25, -0.2) is 9.37 Å². The van der Waals surface area contributed by atoms with Gasteiger partial charge < -0.3 is 5.32 Å². The molecule has 2 rings (SSSR count). The van der Waals surface area contributed by atoms with Crippen LogP contribution >= 0.6 is 15.9 Å². The molecule has 4 heteroatoms. The molecular weight excluding hydrogens is 283 g/mol. The van der Waals surface area contributed by atoms with Crippen LogP contribution in [-0.2, 0) is 6.42 Å². The number of hydrogen-bond acceptors (Lipinski definition) is 2. The van der Waals surface area contributed by atoms with Crippen LogP contribution in [0.25, 0.3) is 0 Å². The zero-order valence-electron chi connectivity index (χ0n) is 9.16. The average Bonchev–Trinajstić information content (AvgIpc) is 2.32. The highest BCUT2D eigenvalue weighted by Crippen LogP contribution is 2.11. The summed E-state index contributed by atoms with van der Waals surface area (Å²) in [5.41, 5.74) is 0.718. The minimum absolute atomic E-state index is 0.156. The molecule has 88 valence electrons. The molecule has 0 aliphatic rings. The Bertz CT molecular complexity index is 502. The van der Waals surface area contributed by atoms with Gasteiger partial charge in [-0.05, 0) is 46.1 Å². The summed E-state index contributed by atoms with van der Waals surface area (Å²) in [6, 6.07) is 12.5. The van der Waals surface area contributed by atoms with Crippen molar-refractivity contribution >= 4 is 21.7 Å². The molecule has 2 aromatic rings. The molecule has 0 aliphatic carbocycles. The number of pyridine rings is 1. The summed E-state index contributed by atoms with van der Waals surface area (Å²) in [5, 5.41) is 3.15. The molecule has 1 aromatic carbocycles. The summed E-state index contributed by atoms with van der Waals surface area (Å²) in [5.74, 6) is 0.632. The largest absolute Gasteiger partial charge is 0.370 e. The lowest BCUT2D eigenvalue weighted by Gasteiger charge is -2.06. The number of nitrogens with zero attached hydrogens (tertiary/aromatic N) is 1. The first-order valence-electron chi connectivity index (χ1n) is 5.35. The first kappa shape index (κ1) is 12.0. The molecular formula is C13H12BrFN2. The lowest BCUT2D eigenvalue weighted by Crippen LogP contribution is -2.07. The van der Waals surface area contributed by atoms with Crippen molar-refractivity contribution in [2.45, 2.75) is 6.42 Å². The number of halogens is 2. The number of anilines is 1. The van der Waals surface area contributed by atoms with E-state index in [9.17, 15) is 4.39 Å². The van der Waals surface area contributed by atoms with E-state index in [1.807, 2.05) is 24.3 Å². The van der Waals surface area contributed by atoms with Gasteiger partial charge in [-0.3, -0.25) is 0 Å². The summed E-state index contributed by atoms with van der Waals surface area (Å²) in [7, 11) is 0. The van der Waals surface area contributed by atoms with Gasteiger partial charge in [0.1, 0.15) is 16.2 Å². The SMILES string of the molecule is Fc1ccccc1CCNc1cccc(Br)n1. The lowest BCUT2D eigenvalue weighted by atomic mass is 10.1. The van der Waals surface area contributed by atoms with Gasteiger partial charge in [0.25, 0.3) is 0 Å². The van der Waals surface area contributed by atoms with Crippen LogP contribution in [0.2, 0.25) is 0 Å². The highest BCUT2D eigenvalue weighted by Gasteiger charge is 2.00. The van der Waals surface area contributed by atoms with Crippen molar-refractivity contribution in [3.63, 3.8) is 0 Å². The molecule has 1 heterocycles. The molecule has 2 nitrogen and oxygen atoms in total. The Morgan fingerprint density at radius 2 is 1.94 bits per heavy atom. The third kappa shape index (κ3) is 3.53. The van der Waals surface area contributed by atoms with Gasteiger partial charge in [0.15, 0.2) is 0 Å². The standard InChI is InChI=1S/C13H12BrFN2/c14-12-6-3-7-13(17-12)16-9-8-10-4-1-2-5-11(10)15/h1-7H,8-9H2,(H,16,17). The molecule has 17 heavy (non-hydrogen) atoms. The molecule has 0 spiro atoms. The average molecular weight is 295 g/mol. The lowest BCUT2D eigenvalue weighted by molar-refractivity contribution is 0.610. The second kappa shape index (κ2) is 5.77. The van der Waals surface area contributed by atoms with Gasteiger partial charge in [0.2, 0.25) is 0 Å². The second-order valence-corrected chi connectivity index (χ2v) is 4.43. The fourth-order valence-corrected chi connectivity index (χ4v) is 1.88. The fraction of sp³-hybridized carbons (Fsp3) is 0.154. The Morgan fingerprint density at radius 1 is 1.12 bits per heavy atom. The van der Waals surface area contributed by atoms with E-state index in [1.165, 1.54) is 6.07 Å². The van der Waals surface area contributed by atoms with E-state index in [0.717, 1.165) is 16.0 Å². The van der Waals surface area contributed by atoms with Crippen LogP contribution in [0.5, 0.6) is 0 Å². The molecule has 0 amide bonds. The van der Waals surface area contributed by atoms with Gasteiger partial charge >= 0.3 is 0 Å². The predicted molar refractivity (Wildman–Crippen MR) is 70.5 cm³/mol. The molecule has 0 fully saturated rings. The van der Waals surface area contributed by atoms with E-state index in [4.69, 9.17) is 0 Å². The predicted octanol–water partition coefficient (Wildman–Crippen LogP) is 3.64. The van der Waals surface area contributed by atoms with E-state index in [1.54, 1.807) is 12.1 Å². The molecule has 1 aromatic heterocycles. The third-order valence-corrected chi connectivity index (χ3v) is 2.82. The first-order chi connectivity index (χ1) is 8.25. The zero-order chi connectivity index (χ0) is 12.1. The fourth-order valence-electron chi connectivity index (χ4n) is 1.53. The van der Waals surface area contributed by atoms with E-state index in [2.05, 4.69) is 26.2 Å². The normalized spacial score (nSPS) is 10.2. The quantitative estimate of drug-likeness (QED) is 0.871. The summed E-state index contributed by atoms with van der Waals surface area (Å²) in [6.45, 7) is 0.657. The number of hydrogen-bond donors (Lipinski definition) is 1. The van der Waals surface area contributed by atoms with Gasteiger partial charge in [-0.2, -0.15) is 0 Å². The van der Waals surface area contributed by atoms with Gasteiger partial charge in [-0.1, -0.05) is 24.3 Å². The monoisotopic (exact) mass is 294 g/mol. The molecule has 0 saturated heterocycles. The second-order valence-electron chi connectivity index (χ2n) is 3.61. The zero-order valence-corrected chi connectivity index (χ0v) is 10.7. The van der Waals surface area contributed by atoms with Crippen LogP contribution in [0.4, 0.5) is 10.2 Å². The van der Waals surface area contributed by atoms with Crippen molar-refractivity contribution < 1.29 is 4.39 Å². The van der Waals surface area contributed by atoms with E-state index in [0.29, 0.717) is 13.0 Å². The maximum atomic E-state index is 13.3. The highest BCUT2D eigenvalue weighted by molar-refractivity contribution is 9.10. The number of rotatable bonds is 4. The summed E-state index contributed by atoms with van der Waals surface area (Å²) < 4.78 is 14.1. The Balaban J connectivity index is 1.90. The maximum absolute atomic E-state index is 13.3.